The molecule has 0 saturated heterocycles. The van der Waals surface area contributed by atoms with Crippen molar-refractivity contribution < 1.29 is 29.2 Å². The van der Waals surface area contributed by atoms with Crippen LogP contribution in [-0.2, 0) is 0 Å². The van der Waals surface area contributed by atoms with Crippen LogP contribution in [0.25, 0.3) is 0 Å². The minimum Gasteiger partial charge on any atom is -0.493 e. The maximum Gasteiger partial charge on any atom is 0.125 e. The molecule has 6 heteroatoms. The number of hydrogen-bond acceptors (Lipinski definition) is 6. The van der Waals surface area contributed by atoms with Crippen LogP contribution in [0.5, 0.6) is 23.0 Å². The molecule has 2 fully saturated rings. The van der Waals surface area contributed by atoms with Crippen molar-refractivity contribution in [1.29, 1.82) is 0 Å². The lowest BCUT2D eigenvalue weighted by molar-refractivity contribution is -0.0553. The molecule has 2 aromatic rings. The Balaban J connectivity index is 1.19. The summed E-state index contributed by atoms with van der Waals surface area (Å²) in [5, 5.41) is 22.8. The van der Waals surface area contributed by atoms with Gasteiger partial charge < -0.3 is 29.2 Å². The van der Waals surface area contributed by atoms with Gasteiger partial charge in [-0.05, 0) is 87.8 Å². The van der Waals surface area contributed by atoms with E-state index in [0.29, 0.717) is 24.7 Å². The number of rotatable bonds is 5. The molecule has 2 aliphatic carbocycles. The first-order valence-corrected chi connectivity index (χ1v) is 13.4. The van der Waals surface area contributed by atoms with Crippen LogP contribution < -0.4 is 18.9 Å². The van der Waals surface area contributed by atoms with Gasteiger partial charge in [0, 0.05) is 23.0 Å². The number of aliphatic hydroxyl groups excluding tert-OH is 2. The first-order valence-electron chi connectivity index (χ1n) is 13.4. The summed E-state index contributed by atoms with van der Waals surface area (Å²) < 4.78 is 24.5. The molecule has 2 N–H and O–H groups in total. The van der Waals surface area contributed by atoms with Crippen molar-refractivity contribution in [2.45, 2.75) is 82.2 Å². The average molecular weight is 481 g/mol. The van der Waals surface area contributed by atoms with Gasteiger partial charge in [0.15, 0.2) is 0 Å². The summed E-state index contributed by atoms with van der Waals surface area (Å²) >= 11 is 0. The number of hydrogen-bond donors (Lipinski definition) is 2. The fraction of sp³-hybridized carbons (Fsp3) is 0.586. The highest BCUT2D eigenvalue weighted by Gasteiger charge is 2.42. The smallest absolute Gasteiger partial charge is 0.125 e. The van der Waals surface area contributed by atoms with Crippen molar-refractivity contribution in [2.75, 3.05) is 13.2 Å². The minimum absolute atomic E-state index is 0.241. The molecule has 6 nitrogen and oxygen atoms in total. The van der Waals surface area contributed by atoms with E-state index >= 15 is 0 Å². The fourth-order valence-electron chi connectivity index (χ4n) is 6.23. The Morgan fingerprint density at radius 2 is 1.03 bits per heavy atom. The van der Waals surface area contributed by atoms with Gasteiger partial charge in [0.2, 0.25) is 0 Å². The highest BCUT2D eigenvalue weighted by atomic mass is 16.5. The molecule has 4 unspecified atom stereocenters. The molecule has 0 amide bonds. The van der Waals surface area contributed by atoms with Gasteiger partial charge in [0.05, 0.1) is 37.6 Å². The van der Waals surface area contributed by atoms with Gasteiger partial charge in [0.25, 0.3) is 0 Å². The second-order valence-corrected chi connectivity index (χ2v) is 10.6. The molecule has 0 bridgehead atoms. The Morgan fingerprint density at radius 1 is 0.600 bits per heavy atom. The standard InChI is InChI=1S/C29H36O6/c30-28-22-14-20(34-18-6-2-1-3-7-18)10-12-26(22)32-16-24(28)25-17-33-27-13-11-21(15-23(27)29(25)31)35-19-8-4-5-9-19/h10-15,18-19,24-25,28-31H,1-9,16-17H2. The van der Waals surface area contributed by atoms with Crippen molar-refractivity contribution in [2.24, 2.45) is 11.8 Å². The zero-order valence-corrected chi connectivity index (χ0v) is 20.2. The molecule has 4 aliphatic rings. The predicted octanol–water partition coefficient (Wildman–Crippen LogP) is 5.50. The second kappa shape index (κ2) is 9.90. The Kier molecular flexibility index (Phi) is 6.50. The van der Waals surface area contributed by atoms with Crippen molar-refractivity contribution in [3.8, 4) is 23.0 Å². The molecule has 0 spiro atoms. The Labute approximate surface area is 207 Å². The SMILES string of the molecule is OC1c2cc(OC3CCCCC3)ccc2OCC1C1COc2ccc(OC3CCCC3)cc2C1O. The number of ether oxygens (including phenoxy) is 4. The number of benzene rings is 2. The Morgan fingerprint density at radius 3 is 1.49 bits per heavy atom. The normalized spacial score (nSPS) is 29.0. The van der Waals surface area contributed by atoms with E-state index in [1.54, 1.807) is 0 Å². The maximum absolute atomic E-state index is 11.4. The van der Waals surface area contributed by atoms with Gasteiger partial charge in [-0.3, -0.25) is 0 Å². The number of fused-ring (bicyclic) bond motifs is 2. The fourth-order valence-corrected chi connectivity index (χ4v) is 6.23. The highest BCUT2D eigenvalue weighted by molar-refractivity contribution is 5.45. The molecule has 2 heterocycles. The van der Waals surface area contributed by atoms with Gasteiger partial charge in [-0.15, -0.1) is 0 Å². The van der Waals surface area contributed by atoms with Crippen molar-refractivity contribution in [3.63, 3.8) is 0 Å². The van der Waals surface area contributed by atoms with Crippen LogP contribution >= 0.6 is 0 Å². The summed E-state index contributed by atoms with van der Waals surface area (Å²) in [6.07, 6.45) is 9.38. The monoisotopic (exact) mass is 480 g/mol. The van der Waals surface area contributed by atoms with Crippen LogP contribution in [0.1, 0.15) is 81.1 Å². The molecule has 6 rings (SSSR count). The molecular formula is C29H36O6. The highest BCUT2D eigenvalue weighted by Crippen LogP contribution is 2.47. The third-order valence-electron chi connectivity index (χ3n) is 8.28. The molecular weight excluding hydrogens is 444 g/mol. The largest absolute Gasteiger partial charge is 0.493 e. The van der Waals surface area contributed by atoms with E-state index in [-0.39, 0.29) is 24.0 Å². The quantitative estimate of drug-likeness (QED) is 0.588. The Hall–Kier alpha value is -2.44. The molecule has 35 heavy (non-hydrogen) atoms. The average Bonchev–Trinajstić information content (AvgIpc) is 3.39. The van der Waals surface area contributed by atoms with E-state index in [4.69, 9.17) is 18.9 Å². The van der Waals surface area contributed by atoms with Crippen LogP contribution in [0.3, 0.4) is 0 Å². The Bertz CT molecular complexity index is 1030. The van der Waals surface area contributed by atoms with Crippen molar-refractivity contribution in [1.82, 2.24) is 0 Å². The summed E-state index contributed by atoms with van der Waals surface area (Å²) in [6.45, 7) is 0.658. The van der Waals surface area contributed by atoms with E-state index in [9.17, 15) is 10.2 Å². The van der Waals surface area contributed by atoms with Crippen molar-refractivity contribution in [3.05, 3.63) is 47.5 Å². The summed E-state index contributed by atoms with van der Waals surface area (Å²) in [5.74, 6) is 2.32. The maximum atomic E-state index is 11.4. The molecule has 2 saturated carbocycles. The molecule has 0 aromatic heterocycles. The van der Waals surface area contributed by atoms with Gasteiger partial charge in [-0.25, -0.2) is 0 Å². The molecule has 2 aromatic carbocycles. The lowest BCUT2D eigenvalue weighted by atomic mass is 9.77. The minimum atomic E-state index is -0.767. The van der Waals surface area contributed by atoms with E-state index in [2.05, 4.69) is 0 Å². The van der Waals surface area contributed by atoms with E-state index < -0.39 is 12.2 Å². The third kappa shape index (κ3) is 4.70. The first kappa shape index (κ1) is 23.0. The lowest BCUT2D eigenvalue weighted by Gasteiger charge is -2.40. The van der Waals surface area contributed by atoms with Crippen LogP contribution in [0, 0.1) is 11.8 Å². The van der Waals surface area contributed by atoms with Crippen LogP contribution in [0.15, 0.2) is 36.4 Å². The zero-order chi connectivity index (χ0) is 23.8. The summed E-state index contributed by atoms with van der Waals surface area (Å²) in [7, 11) is 0. The van der Waals surface area contributed by atoms with Gasteiger partial charge in [0.1, 0.15) is 23.0 Å². The van der Waals surface area contributed by atoms with Crippen LogP contribution in [-0.4, -0.2) is 35.6 Å². The van der Waals surface area contributed by atoms with Crippen LogP contribution in [0.2, 0.25) is 0 Å². The second-order valence-electron chi connectivity index (χ2n) is 10.6. The third-order valence-corrected chi connectivity index (χ3v) is 8.28. The van der Waals surface area contributed by atoms with Gasteiger partial charge in [-0.2, -0.15) is 0 Å². The van der Waals surface area contributed by atoms with Crippen LogP contribution in [0.4, 0.5) is 0 Å². The zero-order valence-electron chi connectivity index (χ0n) is 20.2. The molecule has 4 atom stereocenters. The molecule has 2 aliphatic heterocycles. The molecule has 0 radical (unpaired) electrons. The van der Waals surface area contributed by atoms with E-state index in [1.165, 1.54) is 32.1 Å². The van der Waals surface area contributed by atoms with E-state index in [0.717, 1.165) is 48.3 Å². The summed E-state index contributed by atoms with van der Waals surface area (Å²) in [5.41, 5.74) is 1.45. The summed E-state index contributed by atoms with van der Waals surface area (Å²) in [4.78, 5) is 0. The van der Waals surface area contributed by atoms with Gasteiger partial charge in [-0.1, -0.05) is 6.42 Å². The molecule has 188 valence electrons. The lowest BCUT2D eigenvalue weighted by Crippen LogP contribution is -2.40. The van der Waals surface area contributed by atoms with Gasteiger partial charge >= 0.3 is 0 Å². The predicted molar refractivity (Wildman–Crippen MR) is 131 cm³/mol. The van der Waals surface area contributed by atoms with Crippen molar-refractivity contribution >= 4 is 0 Å². The first-order chi connectivity index (χ1) is 17.2. The van der Waals surface area contributed by atoms with E-state index in [1.807, 2.05) is 36.4 Å². The number of aliphatic hydroxyl groups is 2. The topological polar surface area (TPSA) is 77.4 Å². The summed E-state index contributed by atoms with van der Waals surface area (Å²) in [6, 6.07) is 11.5.